The standard InChI is InChI=1S/C14H17N5O2/c1-15-12-4-3-9(7-16-12)17-14(20)13-10-8-21-6-5-11(10)19(2)18-13/h3-4,7H,5-6,8H2,1-2H3,(H,15,16)(H,17,20). The van der Waals surface area contributed by atoms with Crippen LogP contribution in [0, 0.1) is 0 Å². The van der Waals surface area contributed by atoms with Gasteiger partial charge >= 0.3 is 0 Å². The van der Waals surface area contributed by atoms with Crippen molar-refractivity contribution >= 4 is 17.4 Å². The van der Waals surface area contributed by atoms with Gasteiger partial charge < -0.3 is 15.4 Å². The van der Waals surface area contributed by atoms with Crippen LogP contribution in [-0.2, 0) is 24.8 Å². The number of nitrogens with one attached hydrogen (secondary N) is 2. The van der Waals surface area contributed by atoms with Crippen LogP contribution in [0.25, 0.3) is 0 Å². The minimum Gasteiger partial charge on any atom is -0.376 e. The smallest absolute Gasteiger partial charge is 0.276 e. The Morgan fingerprint density at radius 3 is 3.00 bits per heavy atom. The molecule has 2 aromatic heterocycles. The van der Waals surface area contributed by atoms with E-state index in [1.54, 1.807) is 30.1 Å². The molecule has 7 nitrogen and oxygen atoms in total. The molecule has 1 aliphatic rings. The number of ether oxygens (including phenoxy) is 1. The maximum Gasteiger partial charge on any atom is 0.276 e. The van der Waals surface area contributed by atoms with Crippen LogP contribution in [0.2, 0.25) is 0 Å². The number of hydrogen-bond acceptors (Lipinski definition) is 5. The Bertz CT molecular complexity index is 663. The molecule has 110 valence electrons. The number of carbonyl (C=O) groups is 1. The van der Waals surface area contributed by atoms with Gasteiger partial charge in [-0.1, -0.05) is 0 Å². The molecule has 1 aliphatic heterocycles. The Balaban J connectivity index is 1.82. The molecule has 2 aromatic rings. The number of carbonyl (C=O) groups excluding carboxylic acids is 1. The van der Waals surface area contributed by atoms with Crippen LogP contribution in [-0.4, -0.2) is 34.3 Å². The fraction of sp³-hybridized carbons (Fsp3) is 0.357. The van der Waals surface area contributed by atoms with Crippen molar-refractivity contribution in [2.45, 2.75) is 13.0 Å². The van der Waals surface area contributed by atoms with Crippen LogP contribution < -0.4 is 10.6 Å². The van der Waals surface area contributed by atoms with Crippen molar-refractivity contribution in [3.8, 4) is 0 Å². The maximum absolute atomic E-state index is 12.4. The summed E-state index contributed by atoms with van der Waals surface area (Å²) in [5, 5.41) is 10.1. The van der Waals surface area contributed by atoms with Gasteiger partial charge in [-0.3, -0.25) is 9.48 Å². The van der Waals surface area contributed by atoms with E-state index in [2.05, 4.69) is 20.7 Å². The average Bonchev–Trinajstić information content (AvgIpc) is 2.86. The molecule has 3 heterocycles. The molecule has 0 saturated heterocycles. The zero-order valence-corrected chi connectivity index (χ0v) is 12.0. The van der Waals surface area contributed by atoms with E-state index in [0.29, 0.717) is 24.6 Å². The first-order valence-corrected chi connectivity index (χ1v) is 6.76. The molecule has 7 heteroatoms. The van der Waals surface area contributed by atoms with Gasteiger partial charge in [-0.05, 0) is 12.1 Å². The van der Waals surface area contributed by atoms with Crippen molar-refractivity contribution in [2.24, 2.45) is 7.05 Å². The van der Waals surface area contributed by atoms with E-state index >= 15 is 0 Å². The van der Waals surface area contributed by atoms with E-state index in [0.717, 1.165) is 23.5 Å². The summed E-state index contributed by atoms with van der Waals surface area (Å²) in [4.78, 5) is 16.5. The lowest BCUT2D eigenvalue weighted by Crippen LogP contribution is -2.17. The van der Waals surface area contributed by atoms with Crippen LogP contribution in [0.4, 0.5) is 11.5 Å². The molecule has 0 saturated carbocycles. The lowest BCUT2D eigenvalue weighted by molar-refractivity contribution is 0.0984. The van der Waals surface area contributed by atoms with Crippen LogP contribution in [0.3, 0.4) is 0 Å². The predicted molar refractivity (Wildman–Crippen MR) is 78.3 cm³/mol. The Morgan fingerprint density at radius 1 is 1.43 bits per heavy atom. The second kappa shape index (κ2) is 5.53. The minimum absolute atomic E-state index is 0.239. The van der Waals surface area contributed by atoms with Gasteiger partial charge in [0.1, 0.15) is 5.82 Å². The molecule has 0 radical (unpaired) electrons. The highest BCUT2D eigenvalue weighted by Crippen LogP contribution is 2.21. The summed E-state index contributed by atoms with van der Waals surface area (Å²) in [6.45, 7) is 1.10. The van der Waals surface area contributed by atoms with Crippen molar-refractivity contribution in [1.82, 2.24) is 14.8 Å². The number of aryl methyl sites for hydroxylation is 1. The Kier molecular flexibility index (Phi) is 3.57. The number of anilines is 2. The highest BCUT2D eigenvalue weighted by atomic mass is 16.5. The third-order valence-electron chi connectivity index (χ3n) is 3.50. The summed E-state index contributed by atoms with van der Waals surface area (Å²) >= 11 is 0. The third kappa shape index (κ3) is 2.59. The van der Waals surface area contributed by atoms with Crippen molar-refractivity contribution in [2.75, 3.05) is 24.3 Å². The van der Waals surface area contributed by atoms with Gasteiger partial charge in [0.05, 0.1) is 25.1 Å². The van der Waals surface area contributed by atoms with Crippen LogP contribution in [0.15, 0.2) is 18.3 Å². The molecule has 21 heavy (non-hydrogen) atoms. The monoisotopic (exact) mass is 287 g/mol. The highest BCUT2D eigenvalue weighted by Gasteiger charge is 2.24. The first-order valence-electron chi connectivity index (χ1n) is 6.76. The van der Waals surface area contributed by atoms with Gasteiger partial charge in [0.2, 0.25) is 0 Å². The van der Waals surface area contributed by atoms with Gasteiger partial charge in [-0.25, -0.2) is 4.98 Å². The van der Waals surface area contributed by atoms with E-state index < -0.39 is 0 Å². The molecule has 0 spiro atoms. The molecule has 0 bridgehead atoms. The van der Waals surface area contributed by atoms with E-state index in [1.807, 2.05) is 7.05 Å². The first-order chi connectivity index (χ1) is 10.2. The Hall–Kier alpha value is -2.41. The molecule has 0 atom stereocenters. The fourth-order valence-corrected chi connectivity index (χ4v) is 2.40. The second-order valence-corrected chi connectivity index (χ2v) is 4.84. The van der Waals surface area contributed by atoms with Crippen LogP contribution in [0.5, 0.6) is 0 Å². The normalized spacial score (nSPS) is 13.6. The van der Waals surface area contributed by atoms with Gasteiger partial charge in [-0.15, -0.1) is 0 Å². The van der Waals surface area contributed by atoms with Gasteiger partial charge in [-0.2, -0.15) is 5.10 Å². The zero-order chi connectivity index (χ0) is 14.8. The van der Waals surface area contributed by atoms with Crippen molar-refractivity contribution in [3.05, 3.63) is 35.3 Å². The second-order valence-electron chi connectivity index (χ2n) is 4.84. The molecular weight excluding hydrogens is 270 g/mol. The Morgan fingerprint density at radius 2 is 2.29 bits per heavy atom. The van der Waals surface area contributed by atoms with E-state index in [4.69, 9.17) is 4.74 Å². The molecule has 1 amide bonds. The topological polar surface area (TPSA) is 81.1 Å². The molecule has 0 fully saturated rings. The van der Waals surface area contributed by atoms with Gasteiger partial charge in [0, 0.05) is 31.8 Å². The summed E-state index contributed by atoms with van der Waals surface area (Å²) in [5.74, 6) is 0.507. The average molecular weight is 287 g/mol. The summed E-state index contributed by atoms with van der Waals surface area (Å²) in [6, 6.07) is 3.59. The van der Waals surface area contributed by atoms with E-state index in [1.165, 1.54) is 0 Å². The maximum atomic E-state index is 12.4. The minimum atomic E-state index is -0.239. The summed E-state index contributed by atoms with van der Waals surface area (Å²) in [7, 11) is 3.64. The SMILES string of the molecule is CNc1ccc(NC(=O)c2nn(C)c3c2COCC3)cn1. The largest absolute Gasteiger partial charge is 0.376 e. The number of pyridine rings is 1. The van der Waals surface area contributed by atoms with Crippen molar-refractivity contribution in [3.63, 3.8) is 0 Å². The first kappa shape index (κ1) is 13.6. The van der Waals surface area contributed by atoms with Gasteiger partial charge in [0.15, 0.2) is 5.69 Å². The van der Waals surface area contributed by atoms with Crippen LogP contribution in [0.1, 0.15) is 21.7 Å². The number of aromatic nitrogens is 3. The lowest BCUT2D eigenvalue weighted by atomic mass is 10.1. The number of rotatable bonds is 3. The number of fused-ring (bicyclic) bond motifs is 1. The zero-order valence-electron chi connectivity index (χ0n) is 12.0. The third-order valence-corrected chi connectivity index (χ3v) is 3.50. The molecule has 0 aromatic carbocycles. The number of hydrogen-bond donors (Lipinski definition) is 2. The molecule has 2 N–H and O–H groups in total. The summed E-state index contributed by atoms with van der Waals surface area (Å²) in [6.07, 6.45) is 2.39. The highest BCUT2D eigenvalue weighted by molar-refractivity contribution is 6.04. The van der Waals surface area contributed by atoms with E-state index in [9.17, 15) is 4.79 Å². The molecule has 0 aliphatic carbocycles. The molecular formula is C14H17N5O2. The number of amides is 1. The predicted octanol–water partition coefficient (Wildman–Crippen LogP) is 1.18. The van der Waals surface area contributed by atoms with E-state index in [-0.39, 0.29) is 5.91 Å². The lowest BCUT2D eigenvalue weighted by Gasteiger charge is -2.13. The fourth-order valence-electron chi connectivity index (χ4n) is 2.40. The summed E-state index contributed by atoms with van der Waals surface area (Å²) in [5.41, 5.74) is 3.00. The Labute approximate surface area is 122 Å². The van der Waals surface area contributed by atoms with Crippen molar-refractivity contribution < 1.29 is 9.53 Å². The van der Waals surface area contributed by atoms with Crippen molar-refractivity contribution in [1.29, 1.82) is 0 Å². The van der Waals surface area contributed by atoms with Gasteiger partial charge in [0.25, 0.3) is 5.91 Å². The molecule has 3 rings (SSSR count). The molecule has 0 unspecified atom stereocenters. The quantitative estimate of drug-likeness (QED) is 0.886. The number of nitrogens with zero attached hydrogens (tertiary/aromatic N) is 3. The van der Waals surface area contributed by atoms with Crippen LogP contribution >= 0.6 is 0 Å². The summed E-state index contributed by atoms with van der Waals surface area (Å²) < 4.78 is 7.19.